The van der Waals surface area contributed by atoms with Gasteiger partial charge in [0.25, 0.3) is 0 Å². The minimum atomic E-state index is 0.0306. The number of amides is 2. The molecule has 1 N–H and O–H groups in total. The Hall–Kier alpha value is -1.14. The maximum atomic E-state index is 12.5. The lowest BCUT2D eigenvalue weighted by Gasteiger charge is -2.36. The fourth-order valence-electron chi connectivity index (χ4n) is 3.75. The highest BCUT2D eigenvalue weighted by molar-refractivity contribution is 5.79. The number of nitrogens with zero attached hydrogens (tertiary/aromatic N) is 3. The summed E-state index contributed by atoms with van der Waals surface area (Å²) >= 11 is 0. The van der Waals surface area contributed by atoms with Crippen molar-refractivity contribution >= 4 is 11.8 Å². The van der Waals surface area contributed by atoms with E-state index < -0.39 is 0 Å². The number of rotatable bonds is 6. The Morgan fingerprint density at radius 1 is 1.04 bits per heavy atom. The molecular weight excluding hydrogens is 304 g/mol. The second-order valence-electron chi connectivity index (χ2n) is 7.25. The second-order valence-corrected chi connectivity index (χ2v) is 7.25. The van der Waals surface area contributed by atoms with E-state index in [0.717, 1.165) is 65.2 Å². The van der Waals surface area contributed by atoms with Crippen molar-refractivity contribution in [3.8, 4) is 0 Å². The highest BCUT2D eigenvalue weighted by Crippen LogP contribution is 2.23. The Morgan fingerprint density at radius 2 is 1.67 bits per heavy atom. The average molecular weight is 338 g/mol. The number of likely N-dealkylation sites (tertiary alicyclic amines) is 1. The van der Waals surface area contributed by atoms with Crippen LogP contribution in [0.5, 0.6) is 0 Å². The molecule has 2 saturated heterocycles. The minimum Gasteiger partial charge on any atom is -0.342 e. The summed E-state index contributed by atoms with van der Waals surface area (Å²) in [5.41, 5.74) is 0. The zero-order valence-electron chi connectivity index (χ0n) is 15.6. The topological polar surface area (TPSA) is 55.9 Å². The van der Waals surface area contributed by atoms with Crippen LogP contribution in [-0.2, 0) is 9.59 Å². The van der Waals surface area contributed by atoms with Crippen molar-refractivity contribution < 1.29 is 9.59 Å². The zero-order valence-corrected chi connectivity index (χ0v) is 15.6. The molecule has 0 bridgehead atoms. The summed E-state index contributed by atoms with van der Waals surface area (Å²) < 4.78 is 0. The first-order chi connectivity index (χ1) is 11.5. The molecule has 2 fully saturated rings. The third kappa shape index (κ3) is 5.18. The van der Waals surface area contributed by atoms with Crippen LogP contribution in [0.4, 0.5) is 0 Å². The van der Waals surface area contributed by atoms with Gasteiger partial charge in [-0.25, -0.2) is 0 Å². The molecule has 0 spiro atoms. The van der Waals surface area contributed by atoms with Gasteiger partial charge in [-0.1, -0.05) is 13.8 Å². The molecule has 0 aliphatic carbocycles. The van der Waals surface area contributed by atoms with Gasteiger partial charge in [0, 0.05) is 58.2 Å². The Morgan fingerprint density at radius 3 is 2.21 bits per heavy atom. The number of carbonyl (C=O) groups excluding carboxylic acids is 2. The van der Waals surface area contributed by atoms with Gasteiger partial charge in [-0.2, -0.15) is 0 Å². The molecule has 0 aromatic heterocycles. The van der Waals surface area contributed by atoms with Gasteiger partial charge in [0.15, 0.2) is 0 Å². The van der Waals surface area contributed by atoms with E-state index >= 15 is 0 Å². The van der Waals surface area contributed by atoms with E-state index in [0.29, 0.717) is 18.2 Å². The highest BCUT2D eigenvalue weighted by atomic mass is 16.2. The van der Waals surface area contributed by atoms with Crippen LogP contribution in [0.25, 0.3) is 0 Å². The number of piperidine rings is 1. The Kier molecular flexibility index (Phi) is 7.49. The van der Waals surface area contributed by atoms with Crippen molar-refractivity contribution in [2.45, 2.75) is 33.1 Å². The van der Waals surface area contributed by atoms with Crippen LogP contribution < -0.4 is 5.32 Å². The molecule has 2 aliphatic heterocycles. The summed E-state index contributed by atoms with van der Waals surface area (Å²) in [5, 5.41) is 3.06. The van der Waals surface area contributed by atoms with Gasteiger partial charge in [-0.15, -0.1) is 0 Å². The van der Waals surface area contributed by atoms with Crippen molar-refractivity contribution in [2.75, 3.05) is 59.4 Å². The van der Waals surface area contributed by atoms with E-state index in [9.17, 15) is 9.59 Å². The van der Waals surface area contributed by atoms with Crippen LogP contribution in [0.1, 0.15) is 33.1 Å². The number of likely N-dealkylation sites (N-methyl/N-ethyl adjacent to an activating group) is 1. The molecule has 6 heteroatoms. The SMILES string of the molecule is CCN1CCN(C(=O)CC2CCN(C(=O)C(C)CNC)CC2)CC1. The third-order valence-corrected chi connectivity index (χ3v) is 5.49. The first-order valence-electron chi connectivity index (χ1n) is 9.48. The molecule has 0 saturated carbocycles. The first kappa shape index (κ1) is 19.2. The van der Waals surface area contributed by atoms with E-state index in [1.807, 2.05) is 23.8 Å². The lowest BCUT2D eigenvalue weighted by Crippen LogP contribution is -2.49. The van der Waals surface area contributed by atoms with Gasteiger partial charge in [0.2, 0.25) is 11.8 Å². The fraction of sp³-hybridized carbons (Fsp3) is 0.889. The van der Waals surface area contributed by atoms with Crippen molar-refractivity contribution in [1.82, 2.24) is 20.0 Å². The van der Waals surface area contributed by atoms with Crippen molar-refractivity contribution in [1.29, 1.82) is 0 Å². The average Bonchev–Trinajstić information content (AvgIpc) is 2.62. The Bertz CT molecular complexity index is 413. The predicted octanol–water partition coefficient (Wildman–Crippen LogP) is 0.635. The maximum absolute atomic E-state index is 12.5. The van der Waals surface area contributed by atoms with Crippen LogP contribution in [-0.4, -0.2) is 85.9 Å². The summed E-state index contributed by atoms with van der Waals surface area (Å²) in [6.45, 7) is 11.3. The number of hydrogen-bond acceptors (Lipinski definition) is 4. The van der Waals surface area contributed by atoms with Crippen LogP contribution in [0.2, 0.25) is 0 Å². The summed E-state index contributed by atoms with van der Waals surface area (Å²) in [4.78, 5) is 31.2. The van der Waals surface area contributed by atoms with Crippen LogP contribution in [0.15, 0.2) is 0 Å². The van der Waals surface area contributed by atoms with Gasteiger partial charge < -0.3 is 20.0 Å². The predicted molar refractivity (Wildman–Crippen MR) is 95.7 cm³/mol. The monoisotopic (exact) mass is 338 g/mol. The van der Waals surface area contributed by atoms with Crippen molar-refractivity contribution in [2.24, 2.45) is 11.8 Å². The highest BCUT2D eigenvalue weighted by Gasteiger charge is 2.28. The van der Waals surface area contributed by atoms with E-state index in [1.165, 1.54) is 0 Å². The Balaban J connectivity index is 1.71. The van der Waals surface area contributed by atoms with Gasteiger partial charge in [-0.05, 0) is 32.4 Å². The molecule has 0 aromatic rings. The van der Waals surface area contributed by atoms with Crippen LogP contribution in [0, 0.1) is 11.8 Å². The molecule has 6 nitrogen and oxygen atoms in total. The molecule has 0 aromatic carbocycles. The molecule has 1 unspecified atom stereocenters. The quantitative estimate of drug-likeness (QED) is 0.772. The summed E-state index contributed by atoms with van der Waals surface area (Å²) in [5.74, 6) is 1.01. The second kappa shape index (κ2) is 9.37. The van der Waals surface area contributed by atoms with Gasteiger partial charge in [0.1, 0.15) is 0 Å². The first-order valence-corrected chi connectivity index (χ1v) is 9.48. The van der Waals surface area contributed by atoms with Gasteiger partial charge in [0.05, 0.1) is 0 Å². The summed E-state index contributed by atoms with van der Waals surface area (Å²) in [6, 6.07) is 0. The molecule has 24 heavy (non-hydrogen) atoms. The van der Waals surface area contributed by atoms with E-state index in [4.69, 9.17) is 0 Å². The molecule has 2 aliphatic rings. The molecule has 1 atom stereocenters. The van der Waals surface area contributed by atoms with Crippen LogP contribution >= 0.6 is 0 Å². The largest absolute Gasteiger partial charge is 0.342 e. The molecule has 2 amide bonds. The number of carbonyl (C=O) groups is 2. The number of nitrogens with one attached hydrogen (secondary N) is 1. The fourth-order valence-corrected chi connectivity index (χ4v) is 3.75. The van der Waals surface area contributed by atoms with E-state index in [-0.39, 0.29) is 11.8 Å². The standard InChI is InChI=1S/C18H34N4O2/c1-4-20-9-11-21(12-10-20)17(23)13-16-5-7-22(8-6-16)18(24)15(2)14-19-3/h15-16,19H,4-14H2,1-3H3. The van der Waals surface area contributed by atoms with Crippen LogP contribution in [0.3, 0.4) is 0 Å². The molecular formula is C18H34N4O2. The van der Waals surface area contributed by atoms with E-state index in [2.05, 4.69) is 17.1 Å². The molecule has 0 radical (unpaired) electrons. The normalized spacial score (nSPS) is 21.8. The number of hydrogen-bond donors (Lipinski definition) is 1. The maximum Gasteiger partial charge on any atom is 0.226 e. The molecule has 138 valence electrons. The molecule has 2 rings (SSSR count). The summed E-state index contributed by atoms with van der Waals surface area (Å²) in [7, 11) is 1.88. The third-order valence-electron chi connectivity index (χ3n) is 5.49. The Labute approximate surface area is 146 Å². The lowest BCUT2D eigenvalue weighted by atomic mass is 9.92. The summed E-state index contributed by atoms with van der Waals surface area (Å²) in [6.07, 6.45) is 2.57. The lowest BCUT2D eigenvalue weighted by molar-refractivity contribution is -0.137. The van der Waals surface area contributed by atoms with Crippen molar-refractivity contribution in [3.05, 3.63) is 0 Å². The molecule has 2 heterocycles. The smallest absolute Gasteiger partial charge is 0.226 e. The zero-order chi connectivity index (χ0) is 17.5. The van der Waals surface area contributed by atoms with Gasteiger partial charge >= 0.3 is 0 Å². The van der Waals surface area contributed by atoms with Crippen molar-refractivity contribution in [3.63, 3.8) is 0 Å². The van der Waals surface area contributed by atoms with E-state index in [1.54, 1.807) is 0 Å². The minimum absolute atomic E-state index is 0.0306. The number of piperazine rings is 1. The van der Waals surface area contributed by atoms with Gasteiger partial charge in [-0.3, -0.25) is 9.59 Å².